The van der Waals surface area contributed by atoms with Gasteiger partial charge in [-0.3, -0.25) is 0 Å². The molecule has 0 unspecified atom stereocenters. The minimum Gasteiger partial charge on any atom is -0.214 e. The molecule has 0 aliphatic carbocycles. The molecule has 0 spiro atoms. The topological polar surface area (TPSA) is 0 Å². The quantitative estimate of drug-likeness (QED) is 0.515. The van der Waals surface area contributed by atoms with Crippen LogP contribution < -0.4 is 0 Å². The summed E-state index contributed by atoms with van der Waals surface area (Å²) in [4.78, 5) is 0. The molecule has 0 N–H and O–H groups in total. The molecule has 0 atom stereocenters. The van der Waals surface area contributed by atoms with Crippen LogP contribution in [-0.4, -0.2) is 0 Å². The van der Waals surface area contributed by atoms with E-state index in [1.165, 1.54) is 0 Å². The summed E-state index contributed by atoms with van der Waals surface area (Å²) in [5.74, 6) is 0. The van der Waals surface area contributed by atoms with Gasteiger partial charge in [-0.05, 0) is 0 Å². The van der Waals surface area contributed by atoms with Crippen molar-refractivity contribution in [3.8, 4) is 0 Å². The van der Waals surface area contributed by atoms with Gasteiger partial charge >= 0.3 is 27.7 Å². The van der Waals surface area contributed by atoms with Gasteiger partial charge in [0.15, 0.2) is 0 Å². The minimum absolute atomic E-state index is 0. The van der Waals surface area contributed by atoms with E-state index in [1.54, 1.807) is 0 Å². The third kappa shape index (κ3) is 6.05. The summed E-state index contributed by atoms with van der Waals surface area (Å²) >= 11 is 0. The fourth-order valence-corrected chi connectivity index (χ4v) is 0.642. The maximum Gasteiger partial charge on any atom is 2.00 e. The Bertz CT molecular complexity index is 144. The van der Waals surface area contributed by atoms with Crippen LogP contribution in [0.15, 0.2) is 60.7 Å². The molecule has 0 heterocycles. The minimum atomic E-state index is 0. The summed E-state index contributed by atoms with van der Waals surface area (Å²) < 4.78 is 0. The molecule has 52 valence electrons. The van der Waals surface area contributed by atoms with E-state index in [0.29, 0.717) is 0 Å². The van der Waals surface area contributed by atoms with Crippen LogP contribution in [0.2, 0.25) is 0 Å². The Hall–Kier alpha value is -0.365. The molecule has 1 heteroatoms. The van der Waals surface area contributed by atoms with Crippen LogP contribution in [0.5, 0.6) is 0 Å². The number of rotatable bonds is 0. The van der Waals surface area contributed by atoms with Crippen molar-refractivity contribution in [2.45, 2.75) is 0 Å². The van der Waals surface area contributed by atoms with Crippen molar-refractivity contribution in [1.82, 2.24) is 0 Å². The van der Waals surface area contributed by atoms with Gasteiger partial charge in [-0.2, -0.15) is 36.4 Å². The molecule has 0 aromatic heterocycles. The van der Waals surface area contributed by atoms with E-state index in [2.05, 4.69) is 0 Å². The van der Waals surface area contributed by atoms with E-state index in [0.717, 1.165) is 0 Å². The predicted octanol–water partition coefficient (Wildman–Crippen LogP) is 2.81. The van der Waals surface area contributed by atoms with Gasteiger partial charge in [-0.1, -0.05) is 0 Å². The van der Waals surface area contributed by atoms with Crippen molar-refractivity contribution in [2.24, 2.45) is 0 Å². The molecule has 0 saturated carbocycles. The standard InChI is InChI=1S/2C5H5.Hg/c2*1-2-4-5-3-1;/h2*1-5H;/q2*-1;+2. The smallest absolute Gasteiger partial charge is 0.214 e. The SMILES string of the molecule is [Hg+2].c1cc[cH-]c1.c1cc[cH-]c1. The van der Waals surface area contributed by atoms with Crippen LogP contribution in [0.25, 0.3) is 0 Å². The number of hydrogen-bond acceptors (Lipinski definition) is 0. The average Bonchev–Trinajstić information content (AvgIpc) is 2.67. The van der Waals surface area contributed by atoms with Crippen LogP contribution in [-0.2, 0) is 27.7 Å². The molecule has 0 saturated heterocycles. The molecule has 11 heavy (non-hydrogen) atoms. The normalized spacial score (nSPS) is 7.27. The molecule has 0 aliphatic heterocycles. The summed E-state index contributed by atoms with van der Waals surface area (Å²) in [5.41, 5.74) is 0. The third-order valence-electron chi connectivity index (χ3n) is 1.11. The van der Waals surface area contributed by atoms with Crippen molar-refractivity contribution in [3.05, 3.63) is 60.7 Å². The molecule has 0 amide bonds. The summed E-state index contributed by atoms with van der Waals surface area (Å²) in [5, 5.41) is 0. The van der Waals surface area contributed by atoms with Gasteiger partial charge in [0.05, 0.1) is 0 Å². The molecule has 0 fully saturated rings. The van der Waals surface area contributed by atoms with Gasteiger partial charge in [0.1, 0.15) is 0 Å². The zero-order valence-corrected chi connectivity index (χ0v) is 12.0. The van der Waals surface area contributed by atoms with Crippen LogP contribution in [0.1, 0.15) is 0 Å². The Morgan fingerprint density at radius 3 is 0.909 bits per heavy atom. The Balaban J connectivity index is 0.000000167. The van der Waals surface area contributed by atoms with E-state index < -0.39 is 0 Å². The van der Waals surface area contributed by atoms with Gasteiger partial charge in [0.25, 0.3) is 0 Å². The van der Waals surface area contributed by atoms with Crippen molar-refractivity contribution in [2.75, 3.05) is 0 Å². The molecule has 2 rings (SSSR count). The maximum atomic E-state index is 2.00. The summed E-state index contributed by atoms with van der Waals surface area (Å²) in [6, 6.07) is 20.0. The monoisotopic (exact) mass is 332 g/mol. The summed E-state index contributed by atoms with van der Waals surface area (Å²) in [7, 11) is 0. The molecule has 0 aliphatic rings. The van der Waals surface area contributed by atoms with E-state index in [-0.39, 0.29) is 27.7 Å². The summed E-state index contributed by atoms with van der Waals surface area (Å²) in [6.07, 6.45) is 0. The summed E-state index contributed by atoms with van der Waals surface area (Å²) in [6.45, 7) is 0. The number of hydrogen-bond donors (Lipinski definition) is 0. The van der Waals surface area contributed by atoms with Crippen molar-refractivity contribution < 1.29 is 27.7 Å². The fraction of sp³-hybridized carbons (Fsp3) is 0. The molecule has 0 bridgehead atoms. The molecule has 2 aromatic rings. The van der Waals surface area contributed by atoms with E-state index >= 15 is 0 Å². The Morgan fingerprint density at radius 1 is 0.545 bits per heavy atom. The second-order valence-corrected chi connectivity index (χ2v) is 1.92. The van der Waals surface area contributed by atoms with Crippen LogP contribution >= 0.6 is 0 Å². The Labute approximate surface area is 88.1 Å². The average molecular weight is 331 g/mol. The Morgan fingerprint density at radius 2 is 0.818 bits per heavy atom. The van der Waals surface area contributed by atoms with Gasteiger partial charge in [0.2, 0.25) is 0 Å². The zero-order valence-electron chi connectivity index (χ0n) is 6.48. The maximum absolute atomic E-state index is 2.00. The molecule has 2 aromatic carbocycles. The second-order valence-electron chi connectivity index (χ2n) is 1.92. The van der Waals surface area contributed by atoms with E-state index in [4.69, 9.17) is 0 Å². The van der Waals surface area contributed by atoms with Gasteiger partial charge in [-0.15, -0.1) is 0 Å². The predicted molar refractivity (Wildman–Crippen MR) is 44.1 cm³/mol. The van der Waals surface area contributed by atoms with E-state index in [9.17, 15) is 0 Å². The first kappa shape index (κ1) is 10.6. The van der Waals surface area contributed by atoms with Gasteiger partial charge in [0, 0.05) is 0 Å². The van der Waals surface area contributed by atoms with E-state index in [1.807, 2.05) is 60.7 Å². The first-order valence-electron chi connectivity index (χ1n) is 3.33. The van der Waals surface area contributed by atoms with Gasteiger partial charge in [-0.25, -0.2) is 24.3 Å². The fourth-order valence-electron chi connectivity index (χ4n) is 0.642. The van der Waals surface area contributed by atoms with Crippen LogP contribution in [0, 0.1) is 0 Å². The van der Waals surface area contributed by atoms with Crippen LogP contribution in [0.3, 0.4) is 0 Å². The van der Waals surface area contributed by atoms with Crippen molar-refractivity contribution in [3.63, 3.8) is 0 Å². The first-order valence-corrected chi connectivity index (χ1v) is 3.33. The van der Waals surface area contributed by atoms with Gasteiger partial charge < -0.3 is 0 Å². The van der Waals surface area contributed by atoms with Crippen molar-refractivity contribution in [1.29, 1.82) is 0 Å². The molecular formula is C10H10Hg. The molecular weight excluding hydrogens is 321 g/mol. The zero-order chi connectivity index (χ0) is 7.07. The largest absolute Gasteiger partial charge is 2.00 e. The first-order chi connectivity index (χ1) is 5.00. The second kappa shape index (κ2) is 7.74. The Kier molecular flexibility index (Phi) is 7.48. The third-order valence-corrected chi connectivity index (χ3v) is 1.11. The molecule has 0 nitrogen and oxygen atoms in total. The van der Waals surface area contributed by atoms with Crippen LogP contribution in [0.4, 0.5) is 0 Å². The van der Waals surface area contributed by atoms with Crippen molar-refractivity contribution >= 4 is 0 Å². The molecule has 0 radical (unpaired) electrons.